The Morgan fingerprint density at radius 3 is 2.11 bits per heavy atom. The van der Waals surface area contributed by atoms with Crippen molar-refractivity contribution in [3.8, 4) is 22.6 Å². The molecule has 1 atom stereocenters. The van der Waals surface area contributed by atoms with Crippen LogP contribution in [0, 0.1) is 17.5 Å². The van der Waals surface area contributed by atoms with Crippen LogP contribution in [0.25, 0.3) is 11.1 Å². The van der Waals surface area contributed by atoms with Crippen LogP contribution in [0.3, 0.4) is 0 Å². The van der Waals surface area contributed by atoms with E-state index in [1.807, 2.05) is 24.3 Å². The van der Waals surface area contributed by atoms with Crippen LogP contribution in [-0.2, 0) is 15.3 Å². The minimum atomic E-state index is -0.880. The molecule has 6 rings (SSSR count). The van der Waals surface area contributed by atoms with Gasteiger partial charge in [0.1, 0.15) is 30.1 Å². The lowest BCUT2D eigenvalue weighted by atomic mass is 9.98. The fourth-order valence-electron chi connectivity index (χ4n) is 6.66. The van der Waals surface area contributed by atoms with Crippen molar-refractivity contribution in [3.05, 3.63) is 143 Å². The predicted octanol–water partition coefficient (Wildman–Crippen LogP) is 9.37. The number of carbonyl (C=O) groups is 2. The highest BCUT2D eigenvalue weighted by Gasteiger charge is 2.29. The molecule has 296 valence electrons. The van der Waals surface area contributed by atoms with Gasteiger partial charge in [0.25, 0.3) is 0 Å². The molecule has 5 aromatic rings. The first-order valence-electron chi connectivity index (χ1n) is 18.4. The van der Waals surface area contributed by atoms with Crippen molar-refractivity contribution in [2.75, 3.05) is 39.3 Å². The first-order valence-corrected chi connectivity index (χ1v) is 19.4. The first kappa shape index (κ1) is 40.7. The summed E-state index contributed by atoms with van der Waals surface area (Å²) in [6.45, 7) is 0.481. The molecule has 57 heavy (non-hydrogen) atoms. The summed E-state index contributed by atoms with van der Waals surface area (Å²) in [5, 5.41) is 6.23. The van der Waals surface area contributed by atoms with E-state index in [0.717, 1.165) is 34.0 Å². The number of likely N-dealkylation sites (N-methyl/N-ethyl adjacent to an activating group) is 1. The summed E-state index contributed by atoms with van der Waals surface area (Å²) in [7, 11) is 4.63. The standard InChI is InChI=1S/C44H43F3N4O5S/c1-51(30-22-23-40(54-2)41(25-30)55-3)42(52)39(50-43(49-29-20-18-28(45)19-21-29)57-27-36-37(46)15-10-16-38(36)47)17-8-9-24-48-44(53)56-26-35-33-13-6-4-11-31(33)32-12-5-7-14-34(32)35/h4-7,10-16,18-23,25,35,39H,8-9,17,24,26-27H2,1-3H3,(H,48,53)(H,49,50)/t39-/m0/s1. The number of halogens is 3. The summed E-state index contributed by atoms with van der Waals surface area (Å²) < 4.78 is 59.5. The number of unbranched alkanes of at least 4 members (excludes halogenated alkanes) is 1. The van der Waals surface area contributed by atoms with Crippen LogP contribution >= 0.6 is 11.8 Å². The van der Waals surface area contributed by atoms with E-state index in [1.54, 1.807) is 25.2 Å². The Bertz CT molecular complexity index is 2160. The Morgan fingerprint density at radius 1 is 0.807 bits per heavy atom. The van der Waals surface area contributed by atoms with E-state index in [2.05, 4.69) is 39.9 Å². The number of carbonyl (C=O) groups excluding carboxylic acids is 2. The number of rotatable bonds is 15. The molecule has 0 bridgehead atoms. The van der Waals surface area contributed by atoms with Gasteiger partial charge in [-0.2, -0.15) is 0 Å². The van der Waals surface area contributed by atoms with Crippen LogP contribution < -0.4 is 25.0 Å². The summed E-state index contributed by atoms with van der Waals surface area (Å²) >= 11 is 1.01. The third-order valence-electron chi connectivity index (χ3n) is 9.69. The van der Waals surface area contributed by atoms with Gasteiger partial charge in [-0.3, -0.25) is 4.79 Å². The third kappa shape index (κ3) is 10.1. The van der Waals surface area contributed by atoms with E-state index < -0.39 is 29.6 Å². The molecule has 0 radical (unpaired) electrons. The maximum Gasteiger partial charge on any atom is 0.407 e. The van der Waals surface area contributed by atoms with Crippen molar-refractivity contribution in [1.29, 1.82) is 0 Å². The molecule has 13 heteroatoms. The van der Waals surface area contributed by atoms with E-state index in [9.17, 15) is 22.8 Å². The van der Waals surface area contributed by atoms with Crippen LogP contribution in [0.15, 0.2) is 114 Å². The van der Waals surface area contributed by atoms with Gasteiger partial charge >= 0.3 is 6.09 Å². The molecule has 1 aliphatic carbocycles. The SMILES string of the molecule is COc1ccc(N(C)C(=O)[C@H](CCCCNC(=O)OCC2c3ccccc3-c3ccccc32)N/C(=N/c2ccc(F)cc2)SCc2c(F)cccc2F)cc1OC. The maximum absolute atomic E-state index is 14.6. The highest BCUT2D eigenvalue weighted by atomic mass is 32.2. The number of amidine groups is 1. The normalized spacial score (nSPS) is 12.6. The number of hydrogen-bond donors (Lipinski definition) is 2. The molecule has 5 aromatic carbocycles. The number of alkyl carbamates (subject to hydrolysis) is 1. The smallest absolute Gasteiger partial charge is 0.407 e. The molecule has 0 aliphatic heterocycles. The van der Waals surface area contributed by atoms with E-state index in [-0.39, 0.29) is 34.9 Å². The summed E-state index contributed by atoms with van der Waals surface area (Å²) in [5.41, 5.74) is 5.26. The largest absolute Gasteiger partial charge is 0.493 e. The number of amides is 2. The molecule has 2 N–H and O–H groups in total. The van der Waals surface area contributed by atoms with Crippen LogP contribution in [0.5, 0.6) is 11.5 Å². The molecule has 0 saturated carbocycles. The van der Waals surface area contributed by atoms with Crippen molar-refractivity contribution in [2.45, 2.75) is 37.0 Å². The van der Waals surface area contributed by atoms with Crippen LogP contribution in [0.1, 0.15) is 41.9 Å². The minimum absolute atomic E-state index is 0.0674. The molecule has 2 amide bonds. The number of methoxy groups -OCH3 is 2. The molecule has 0 aromatic heterocycles. The number of benzene rings is 5. The van der Waals surface area contributed by atoms with Gasteiger partial charge in [0, 0.05) is 42.6 Å². The summed E-state index contributed by atoms with van der Waals surface area (Å²) in [6.07, 6.45) is 0.748. The number of ether oxygens (including phenoxy) is 3. The number of thioether (sulfide) groups is 1. The maximum atomic E-state index is 14.6. The van der Waals surface area contributed by atoms with Gasteiger partial charge in [0.05, 0.1) is 19.9 Å². The number of nitrogens with one attached hydrogen (secondary N) is 2. The first-order chi connectivity index (χ1) is 27.7. The Hall–Kier alpha value is -5.95. The Kier molecular flexibility index (Phi) is 13.8. The number of fused-ring (bicyclic) bond motifs is 3. The second-order valence-corrected chi connectivity index (χ2v) is 14.2. The Morgan fingerprint density at radius 2 is 1.46 bits per heavy atom. The van der Waals surface area contributed by atoms with E-state index in [1.165, 1.54) is 61.6 Å². The molecule has 0 heterocycles. The van der Waals surface area contributed by atoms with Crippen molar-refractivity contribution in [1.82, 2.24) is 10.6 Å². The van der Waals surface area contributed by atoms with Crippen molar-refractivity contribution in [2.24, 2.45) is 4.99 Å². The summed E-state index contributed by atoms with van der Waals surface area (Å²) in [5.74, 6) is -1.51. The highest BCUT2D eigenvalue weighted by Crippen LogP contribution is 2.44. The Labute approximate surface area is 334 Å². The van der Waals surface area contributed by atoms with Crippen molar-refractivity contribution >= 4 is 40.3 Å². The van der Waals surface area contributed by atoms with Gasteiger partial charge in [0.2, 0.25) is 5.91 Å². The fourth-order valence-corrected chi connectivity index (χ4v) is 7.62. The fraction of sp³-hybridized carbons (Fsp3) is 0.250. The lowest BCUT2D eigenvalue weighted by molar-refractivity contribution is -0.120. The van der Waals surface area contributed by atoms with Gasteiger partial charge < -0.3 is 29.7 Å². The third-order valence-corrected chi connectivity index (χ3v) is 10.6. The van der Waals surface area contributed by atoms with Gasteiger partial charge in [-0.25, -0.2) is 23.0 Å². The number of nitrogens with zero attached hydrogens (tertiary/aromatic N) is 2. The molecular weight excluding hydrogens is 754 g/mol. The van der Waals surface area contributed by atoms with Crippen LogP contribution in [0.2, 0.25) is 0 Å². The molecule has 0 saturated heterocycles. The summed E-state index contributed by atoms with van der Waals surface area (Å²) in [4.78, 5) is 33.1. The average Bonchev–Trinajstić information content (AvgIpc) is 3.55. The number of hydrogen-bond acceptors (Lipinski definition) is 7. The van der Waals surface area contributed by atoms with Crippen LogP contribution in [-0.4, -0.2) is 57.6 Å². The molecule has 1 aliphatic rings. The minimum Gasteiger partial charge on any atom is -0.493 e. The molecule has 0 spiro atoms. The van der Waals surface area contributed by atoms with Crippen molar-refractivity contribution < 1.29 is 37.0 Å². The average molecular weight is 797 g/mol. The van der Waals surface area contributed by atoms with E-state index in [4.69, 9.17) is 14.2 Å². The van der Waals surface area contributed by atoms with Gasteiger partial charge in [0.15, 0.2) is 16.7 Å². The lowest BCUT2D eigenvalue weighted by Crippen LogP contribution is -2.47. The predicted molar refractivity (Wildman–Crippen MR) is 218 cm³/mol. The summed E-state index contributed by atoms with van der Waals surface area (Å²) in [6, 6.07) is 29.5. The second-order valence-electron chi connectivity index (χ2n) is 13.3. The highest BCUT2D eigenvalue weighted by molar-refractivity contribution is 8.13. The van der Waals surface area contributed by atoms with Crippen molar-refractivity contribution in [3.63, 3.8) is 0 Å². The number of aliphatic imine (C=N–C) groups is 1. The lowest BCUT2D eigenvalue weighted by Gasteiger charge is -2.26. The zero-order chi connectivity index (χ0) is 40.3. The van der Waals surface area contributed by atoms with Gasteiger partial charge in [-0.05, 0) is 90.0 Å². The van der Waals surface area contributed by atoms with E-state index >= 15 is 0 Å². The van der Waals surface area contributed by atoms with Gasteiger partial charge in [-0.1, -0.05) is 66.4 Å². The monoisotopic (exact) mass is 796 g/mol. The van der Waals surface area contributed by atoms with E-state index in [0.29, 0.717) is 48.7 Å². The Balaban J connectivity index is 1.14. The zero-order valence-corrected chi connectivity index (χ0v) is 32.6. The molecule has 0 unspecified atom stereocenters. The second kappa shape index (κ2) is 19.3. The van der Waals surface area contributed by atoms with Gasteiger partial charge in [-0.15, -0.1) is 0 Å². The number of anilines is 1. The van der Waals surface area contributed by atoms with Crippen LogP contribution in [0.4, 0.5) is 29.3 Å². The molecule has 0 fully saturated rings. The topological polar surface area (TPSA) is 101 Å². The molecule has 9 nitrogen and oxygen atoms in total. The molecular formula is C44H43F3N4O5S. The quantitative estimate of drug-likeness (QED) is 0.0619. The zero-order valence-electron chi connectivity index (χ0n) is 31.8.